The summed E-state index contributed by atoms with van der Waals surface area (Å²) in [4.78, 5) is 36.8. The lowest BCUT2D eigenvalue weighted by Crippen LogP contribution is -2.48. The molecule has 4 atom stereocenters. The first-order chi connectivity index (χ1) is 13.8. The van der Waals surface area contributed by atoms with E-state index in [4.69, 9.17) is 9.47 Å². The molecule has 0 aromatic heterocycles. The summed E-state index contributed by atoms with van der Waals surface area (Å²) in [5.41, 5.74) is 0.341. The molecular weight excluding hydrogens is 372 g/mol. The number of carbonyl (C=O) groups excluding carboxylic acids is 3. The van der Waals surface area contributed by atoms with Crippen molar-refractivity contribution in [1.82, 2.24) is 10.6 Å². The Bertz CT molecular complexity index is 721. The fourth-order valence-corrected chi connectivity index (χ4v) is 3.56. The number of benzene rings is 1. The number of rotatable bonds is 8. The van der Waals surface area contributed by atoms with Gasteiger partial charge in [-0.15, -0.1) is 0 Å². The molecule has 1 aromatic carbocycles. The van der Waals surface area contributed by atoms with Crippen LogP contribution in [0.2, 0.25) is 0 Å². The third-order valence-corrected chi connectivity index (χ3v) is 5.54. The topological polar surface area (TPSA) is 93.7 Å². The van der Waals surface area contributed by atoms with Crippen molar-refractivity contribution in [3.63, 3.8) is 0 Å². The van der Waals surface area contributed by atoms with Crippen LogP contribution < -0.4 is 15.4 Å². The summed E-state index contributed by atoms with van der Waals surface area (Å²) in [7, 11) is 0. The fraction of sp³-hybridized carbons (Fsp3) is 0.591. The van der Waals surface area contributed by atoms with Crippen molar-refractivity contribution in [2.24, 2.45) is 11.8 Å². The Balaban J connectivity index is 1.81. The Hall–Kier alpha value is -2.57. The van der Waals surface area contributed by atoms with Crippen LogP contribution in [0.4, 0.5) is 0 Å². The lowest BCUT2D eigenvalue weighted by atomic mass is 9.78. The molecule has 2 amide bonds. The minimum absolute atomic E-state index is 0.0992. The molecule has 29 heavy (non-hydrogen) atoms. The average molecular weight is 405 g/mol. The van der Waals surface area contributed by atoms with E-state index in [0.29, 0.717) is 29.8 Å². The van der Waals surface area contributed by atoms with E-state index in [1.807, 2.05) is 6.92 Å². The second kappa shape index (κ2) is 10.8. The van der Waals surface area contributed by atoms with Crippen LogP contribution in [-0.4, -0.2) is 43.1 Å². The summed E-state index contributed by atoms with van der Waals surface area (Å²) in [6, 6.07) is 6.89. The number of hydrogen-bond donors (Lipinski definition) is 2. The maximum atomic E-state index is 12.4. The molecule has 2 rings (SSSR count). The molecule has 160 valence electrons. The van der Waals surface area contributed by atoms with Crippen LogP contribution in [-0.2, 0) is 14.3 Å². The number of esters is 1. The second-order valence-corrected chi connectivity index (χ2v) is 7.63. The molecule has 7 nitrogen and oxygen atoms in total. The molecule has 1 aromatic rings. The Morgan fingerprint density at radius 2 is 1.90 bits per heavy atom. The summed E-state index contributed by atoms with van der Waals surface area (Å²) < 4.78 is 10.6. The molecule has 1 saturated carbocycles. The van der Waals surface area contributed by atoms with Crippen LogP contribution in [0.25, 0.3) is 0 Å². The van der Waals surface area contributed by atoms with Gasteiger partial charge in [-0.25, -0.2) is 0 Å². The van der Waals surface area contributed by atoms with Gasteiger partial charge in [-0.2, -0.15) is 0 Å². The summed E-state index contributed by atoms with van der Waals surface area (Å²) in [6.07, 6.45) is 2.27. The maximum Gasteiger partial charge on any atom is 0.326 e. The summed E-state index contributed by atoms with van der Waals surface area (Å²) in [6.45, 7) is 7.80. The molecule has 0 aliphatic heterocycles. The van der Waals surface area contributed by atoms with Crippen molar-refractivity contribution < 1.29 is 23.9 Å². The second-order valence-electron chi connectivity index (χ2n) is 7.63. The monoisotopic (exact) mass is 404 g/mol. The zero-order valence-corrected chi connectivity index (χ0v) is 17.7. The van der Waals surface area contributed by atoms with E-state index in [1.165, 1.54) is 13.3 Å². The summed E-state index contributed by atoms with van der Waals surface area (Å²) in [5.74, 6) is -0.0168. The van der Waals surface area contributed by atoms with Gasteiger partial charge in [-0.1, -0.05) is 38.8 Å². The van der Waals surface area contributed by atoms with Crippen molar-refractivity contribution >= 4 is 17.8 Å². The van der Waals surface area contributed by atoms with Crippen molar-refractivity contribution in [3.8, 4) is 5.75 Å². The number of nitrogens with one attached hydrogen (secondary N) is 2. The lowest BCUT2D eigenvalue weighted by Gasteiger charge is -2.35. The van der Waals surface area contributed by atoms with E-state index in [2.05, 4.69) is 24.5 Å². The molecule has 0 unspecified atom stereocenters. The van der Waals surface area contributed by atoms with E-state index in [0.717, 1.165) is 12.8 Å². The Kier molecular flexibility index (Phi) is 8.49. The molecular formula is C22H32N2O5. The van der Waals surface area contributed by atoms with Crippen LogP contribution in [0.5, 0.6) is 5.75 Å². The smallest absolute Gasteiger partial charge is 0.326 e. The first-order valence-electron chi connectivity index (χ1n) is 10.3. The highest BCUT2D eigenvalue weighted by atomic mass is 16.5. The van der Waals surface area contributed by atoms with Crippen molar-refractivity contribution in [2.75, 3.05) is 13.2 Å². The summed E-state index contributed by atoms with van der Waals surface area (Å²) >= 11 is 0. The van der Waals surface area contributed by atoms with Crippen molar-refractivity contribution in [2.45, 2.75) is 59.1 Å². The van der Waals surface area contributed by atoms with Gasteiger partial charge in [0.1, 0.15) is 12.3 Å². The zero-order valence-electron chi connectivity index (χ0n) is 17.7. The standard InChI is InChI=1S/C22H32N2O5/c1-5-28-19-12-7-6-10-17(19)22(27)23-13-20(25)29-16(4)21(26)24-18-11-8-9-14(2)15(18)3/h6-7,10,12,14-16,18H,5,8-9,11,13H2,1-4H3,(H,23,27)(H,24,26)/t14-,15-,16-,18+/m0/s1. The Labute approximate surface area is 172 Å². The highest BCUT2D eigenvalue weighted by molar-refractivity contribution is 5.98. The molecule has 1 aliphatic carbocycles. The minimum atomic E-state index is -0.917. The molecule has 2 N–H and O–H groups in total. The molecule has 0 bridgehead atoms. The average Bonchev–Trinajstić information content (AvgIpc) is 2.70. The highest BCUT2D eigenvalue weighted by Crippen LogP contribution is 2.29. The predicted octanol–water partition coefficient (Wildman–Crippen LogP) is 2.69. The molecule has 7 heteroatoms. The largest absolute Gasteiger partial charge is 0.493 e. The maximum absolute atomic E-state index is 12.4. The summed E-state index contributed by atoms with van der Waals surface area (Å²) in [5, 5.41) is 5.51. The van der Waals surface area contributed by atoms with Gasteiger partial charge >= 0.3 is 5.97 Å². The molecule has 0 spiro atoms. The third kappa shape index (κ3) is 6.48. The molecule has 1 fully saturated rings. The lowest BCUT2D eigenvalue weighted by molar-refractivity contribution is -0.154. The molecule has 1 aliphatic rings. The number of para-hydroxylation sites is 1. The van der Waals surface area contributed by atoms with Gasteiger partial charge in [0.15, 0.2) is 6.10 Å². The number of hydrogen-bond acceptors (Lipinski definition) is 5. The van der Waals surface area contributed by atoms with Crippen LogP contribution in [0.1, 0.15) is 57.3 Å². The van der Waals surface area contributed by atoms with Gasteiger partial charge in [0.2, 0.25) is 0 Å². The minimum Gasteiger partial charge on any atom is -0.493 e. The van der Waals surface area contributed by atoms with Gasteiger partial charge in [0, 0.05) is 6.04 Å². The van der Waals surface area contributed by atoms with Crippen LogP contribution in [0.3, 0.4) is 0 Å². The van der Waals surface area contributed by atoms with E-state index in [1.54, 1.807) is 24.3 Å². The van der Waals surface area contributed by atoms with E-state index in [9.17, 15) is 14.4 Å². The zero-order chi connectivity index (χ0) is 21.4. The quantitative estimate of drug-likeness (QED) is 0.650. The van der Waals surface area contributed by atoms with E-state index >= 15 is 0 Å². The first-order valence-corrected chi connectivity index (χ1v) is 10.3. The van der Waals surface area contributed by atoms with Gasteiger partial charge < -0.3 is 20.1 Å². The highest BCUT2D eigenvalue weighted by Gasteiger charge is 2.30. The first kappa shape index (κ1) is 22.7. The van der Waals surface area contributed by atoms with Gasteiger partial charge in [0.25, 0.3) is 11.8 Å². The Morgan fingerprint density at radius 3 is 2.62 bits per heavy atom. The van der Waals surface area contributed by atoms with Crippen LogP contribution in [0.15, 0.2) is 24.3 Å². The fourth-order valence-electron chi connectivity index (χ4n) is 3.56. The van der Waals surface area contributed by atoms with Crippen LogP contribution in [0, 0.1) is 11.8 Å². The van der Waals surface area contributed by atoms with E-state index < -0.39 is 18.0 Å². The SMILES string of the molecule is CCOc1ccccc1C(=O)NCC(=O)O[C@@H](C)C(=O)N[C@@H]1CCC[C@H](C)[C@@H]1C. The van der Waals surface area contributed by atoms with Gasteiger partial charge in [-0.05, 0) is 44.2 Å². The molecule has 0 saturated heterocycles. The van der Waals surface area contributed by atoms with Gasteiger partial charge in [0.05, 0.1) is 12.2 Å². The molecule has 0 radical (unpaired) electrons. The number of carbonyl (C=O) groups is 3. The number of ether oxygens (including phenoxy) is 2. The third-order valence-electron chi connectivity index (χ3n) is 5.54. The van der Waals surface area contributed by atoms with E-state index in [-0.39, 0.29) is 18.5 Å². The normalized spacial score (nSPS) is 22.3. The van der Waals surface area contributed by atoms with Crippen molar-refractivity contribution in [1.29, 1.82) is 0 Å². The predicted molar refractivity (Wildman–Crippen MR) is 110 cm³/mol. The van der Waals surface area contributed by atoms with Gasteiger partial charge in [-0.3, -0.25) is 14.4 Å². The van der Waals surface area contributed by atoms with Crippen LogP contribution >= 0.6 is 0 Å². The molecule has 0 heterocycles. The Morgan fingerprint density at radius 1 is 1.17 bits per heavy atom. The number of amides is 2. The van der Waals surface area contributed by atoms with Crippen molar-refractivity contribution in [3.05, 3.63) is 29.8 Å².